The maximum atomic E-state index is 9.69. The number of fused-ring (bicyclic) bond motifs is 1. The zero-order valence-electron chi connectivity index (χ0n) is 7.50. The minimum absolute atomic E-state index is 0.0451. The van der Waals surface area contributed by atoms with Crippen LogP contribution in [0.2, 0.25) is 0 Å². The van der Waals surface area contributed by atoms with Crippen molar-refractivity contribution in [3.05, 3.63) is 12.2 Å². The van der Waals surface area contributed by atoms with E-state index in [2.05, 4.69) is 0 Å². The van der Waals surface area contributed by atoms with Gasteiger partial charge in [-0.3, -0.25) is 0 Å². The van der Waals surface area contributed by atoms with Crippen LogP contribution in [-0.4, -0.2) is 33.6 Å². The molecule has 3 nitrogen and oxygen atoms in total. The van der Waals surface area contributed by atoms with Gasteiger partial charge in [-0.25, -0.2) is 0 Å². The molecule has 0 aromatic heterocycles. The van der Waals surface area contributed by atoms with Crippen LogP contribution in [0.3, 0.4) is 0 Å². The molecule has 3 N–H and O–H groups in total. The van der Waals surface area contributed by atoms with Crippen molar-refractivity contribution >= 4 is 0 Å². The van der Waals surface area contributed by atoms with Gasteiger partial charge < -0.3 is 15.3 Å². The van der Waals surface area contributed by atoms with Crippen molar-refractivity contribution in [3.8, 4) is 0 Å². The first-order valence-electron chi connectivity index (χ1n) is 4.91. The molecule has 5 atom stereocenters. The van der Waals surface area contributed by atoms with Crippen molar-refractivity contribution in [2.75, 3.05) is 0 Å². The second-order valence-corrected chi connectivity index (χ2v) is 4.11. The molecule has 0 heterocycles. The largest absolute Gasteiger partial charge is 0.393 e. The van der Waals surface area contributed by atoms with Crippen molar-refractivity contribution in [1.29, 1.82) is 0 Å². The zero-order chi connectivity index (χ0) is 9.42. The van der Waals surface area contributed by atoms with Gasteiger partial charge in [-0.1, -0.05) is 12.2 Å². The van der Waals surface area contributed by atoms with E-state index in [1.807, 2.05) is 6.08 Å². The molecule has 0 aromatic rings. The summed E-state index contributed by atoms with van der Waals surface area (Å²) in [6.45, 7) is 0. The number of aliphatic hydroxyl groups excluding tert-OH is 3. The van der Waals surface area contributed by atoms with Gasteiger partial charge in [0.05, 0.1) is 18.3 Å². The summed E-state index contributed by atoms with van der Waals surface area (Å²) in [5, 5.41) is 29.0. The van der Waals surface area contributed by atoms with Crippen molar-refractivity contribution in [3.63, 3.8) is 0 Å². The highest BCUT2D eigenvalue weighted by Gasteiger charge is 2.41. The maximum Gasteiger partial charge on any atom is 0.0777 e. The van der Waals surface area contributed by atoms with Gasteiger partial charge in [0.15, 0.2) is 0 Å². The number of hydrogen-bond donors (Lipinski definition) is 3. The second-order valence-electron chi connectivity index (χ2n) is 4.11. The Morgan fingerprint density at radius 2 is 1.69 bits per heavy atom. The molecule has 1 fully saturated rings. The fourth-order valence-electron chi connectivity index (χ4n) is 2.59. The first-order chi connectivity index (χ1) is 6.20. The number of aliphatic hydroxyl groups is 3. The summed E-state index contributed by atoms with van der Waals surface area (Å²) >= 11 is 0. The Hall–Kier alpha value is -0.380. The Morgan fingerprint density at radius 3 is 2.38 bits per heavy atom. The lowest BCUT2D eigenvalue weighted by Crippen LogP contribution is -2.47. The lowest BCUT2D eigenvalue weighted by molar-refractivity contribution is -0.0830. The topological polar surface area (TPSA) is 60.7 Å². The van der Waals surface area contributed by atoms with Crippen LogP contribution >= 0.6 is 0 Å². The Labute approximate surface area is 77.7 Å². The Balaban J connectivity index is 2.19. The van der Waals surface area contributed by atoms with Crippen LogP contribution < -0.4 is 0 Å². The molecule has 74 valence electrons. The van der Waals surface area contributed by atoms with Crippen LogP contribution in [-0.2, 0) is 0 Å². The van der Waals surface area contributed by atoms with E-state index in [1.165, 1.54) is 0 Å². The Bertz CT molecular complexity index is 214. The molecule has 3 heteroatoms. The smallest absolute Gasteiger partial charge is 0.0777 e. The minimum atomic E-state index is -0.580. The monoisotopic (exact) mass is 184 g/mol. The van der Waals surface area contributed by atoms with Gasteiger partial charge in [0.25, 0.3) is 0 Å². The molecule has 2 aliphatic rings. The van der Waals surface area contributed by atoms with Crippen molar-refractivity contribution in [1.82, 2.24) is 0 Å². The van der Waals surface area contributed by atoms with Gasteiger partial charge in [-0.2, -0.15) is 0 Å². The summed E-state index contributed by atoms with van der Waals surface area (Å²) in [6.07, 6.45) is 4.27. The van der Waals surface area contributed by atoms with Crippen LogP contribution in [0.15, 0.2) is 12.2 Å². The molecule has 1 unspecified atom stereocenters. The van der Waals surface area contributed by atoms with Crippen LogP contribution in [0.4, 0.5) is 0 Å². The van der Waals surface area contributed by atoms with Crippen LogP contribution in [0.1, 0.15) is 19.3 Å². The van der Waals surface area contributed by atoms with E-state index in [0.717, 1.165) is 6.42 Å². The third-order valence-electron chi connectivity index (χ3n) is 3.33. The summed E-state index contributed by atoms with van der Waals surface area (Å²) in [5.41, 5.74) is 0. The molecular weight excluding hydrogens is 168 g/mol. The van der Waals surface area contributed by atoms with E-state index in [0.29, 0.717) is 12.8 Å². The number of rotatable bonds is 0. The van der Waals surface area contributed by atoms with Crippen LogP contribution in [0.25, 0.3) is 0 Å². The third-order valence-corrected chi connectivity index (χ3v) is 3.33. The van der Waals surface area contributed by atoms with Crippen molar-refractivity contribution < 1.29 is 15.3 Å². The van der Waals surface area contributed by atoms with E-state index in [4.69, 9.17) is 0 Å². The SMILES string of the molecule is OC1CC[C@H](O)[C@@H]2[C@H](O)C=CC[C@H]12. The summed E-state index contributed by atoms with van der Waals surface area (Å²) in [6, 6.07) is 0. The van der Waals surface area contributed by atoms with Crippen LogP contribution in [0, 0.1) is 11.8 Å². The van der Waals surface area contributed by atoms with Crippen LogP contribution in [0.5, 0.6) is 0 Å². The van der Waals surface area contributed by atoms with E-state index in [1.54, 1.807) is 6.08 Å². The van der Waals surface area contributed by atoms with Gasteiger partial charge in [-0.15, -0.1) is 0 Å². The summed E-state index contributed by atoms with van der Waals surface area (Å²) in [5.74, 6) is -0.113. The molecule has 2 rings (SSSR count). The number of allylic oxidation sites excluding steroid dienone is 1. The van der Waals surface area contributed by atoms with Crippen molar-refractivity contribution in [2.45, 2.75) is 37.6 Å². The van der Waals surface area contributed by atoms with Gasteiger partial charge in [0.1, 0.15) is 0 Å². The summed E-state index contributed by atoms with van der Waals surface area (Å²) < 4.78 is 0. The highest BCUT2D eigenvalue weighted by Crippen LogP contribution is 2.38. The highest BCUT2D eigenvalue weighted by atomic mass is 16.3. The zero-order valence-corrected chi connectivity index (χ0v) is 7.50. The van der Waals surface area contributed by atoms with E-state index >= 15 is 0 Å². The molecule has 0 bridgehead atoms. The standard InChI is InChI=1S/C10H16O3/c11-7-4-5-9(13)10-6(7)2-1-3-8(10)12/h1,3,6-13H,2,4-5H2/t6-,7?,8-,9+,10+/m1/s1. The Morgan fingerprint density at radius 1 is 1.00 bits per heavy atom. The molecule has 0 aromatic carbocycles. The molecule has 0 aliphatic heterocycles. The summed E-state index contributed by atoms with van der Waals surface area (Å²) in [4.78, 5) is 0. The maximum absolute atomic E-state index is 9.69. The first-order valence-corrected chi connectivity index (χ1v) is 4.91. The van der Waals surface area contributed by atoms with Gasteiger partial charge in [-0.05, 0) is 25.2 Å². The third kappa shape index (κ3) is 1.52. The van der Waals surface area contributed by atoms with Gasteiger partial charge in [0.2, 0.25) is 0 Å². The van der Waals surface area contributed by atoms with Crippen molar-refractivity contribution in [2.24, 2.45) is 11.8 Å². The predicted molar refractivity (Wildman–Crippen MR) is 48.0 cm³/mol. The lowest BCUT2D eigenvalue weighted by Gasteiger charge is -2.42. The Kier molecular flexibility index (Phi) is 2.41. The molecule has 0 radical (unpaired) electrons. The highest BCUT2D eigenvalue weighted by molar-refractivity contribution is 5.06. The molecule has 0 spiro atoms. The fourth-order valence-corrected chi connectivity index (χ4v) is 2.59. The predicted octanol–water partition coefficient (Wildman–Crippen LogP) is 0.0552. The lowest BCUT2D eigenvalue weighted by atomic mass is 9.69. The molecule has 13 heavy (non-hydrogen) atoms. The van der Waals surface area contributed by atoms with Gasteiger partial charge in [0, 0.05) is 5.92 Å². The van der Waals surface area contributed by atoms with E-state index in [9.17, 15) is 15.3 Å². The van der Waals surface area contributed by atoms with Gasteiger partial charge >= 0.3 is 0 Å². The molecule has 0 amide bonds. The average molecular weight is 184 g/mol. The minimum Gasteiger partial charge on any atom is -0.393 e. The fraction of sp³-hybridized carbons (Fsp3) is 0.800. The quantitative estimate of drug-likeness (QED) is 0.466. The first kappa shape index (κ1) is 9.19. The summed E-state index contributed by atoms with van der Waals surface area (Å²) in [7, 11) is 0. The molecular formula is C10H16O3. The average Bonchev–Trinajstić information content (AvgIpc) is 2.12. The van der Waals surface area contributed by atoms with E-state index < -0.39 is 12.2 Å². The number of hydrogen-bond acceptors (Lipinski definition) is 3. The molecule has 0 saturated heterocycles. The van der Waals surface area contributed by atoms with E-state index in [-0.39, 0.29) is 17.9 Å². The second kappa shape index (κ2) is 3.40. The molecule has 2 aliphatic carbocycles. The molecule has 1 saturated carbocycles. The normalized spacial score (nSPS) is 50.2.